The van der Waals surface area contributed by atoms with Crippen LogP contribution in [0, 0.1) is 6.92 Å². The van der Waals surface area contributed by atoms with E-state index in [0.29, 0.717) is 0 Å². The Bertz CT molecular complexity index is 3650. The van der Waals surface area contributed by atoms with Gasteiger partial charge in [-0.25, -0.2) is 43.2 Å². The molecule has 6 aromatic rings. The summed E-state index contributed by atoms with van der Waals surface area (Å²) in [5, 5.41) is 20.9. The van der Waals surface area contributed by atoms with Crippen LogP contribution >= 0.6 is 23.5 Å². The van der Waals surface area contributed by atoms with Crippen molar-refractivity contribution >= 4 is 63.4 Å². The SMILES string of the molecule is Cc1cn(C2CC(O)C(COP(=O)(O)OC3CC(n4ccc(N)nc4=O)OC3COP(=O)(O)OC3CC(n4cnc5c(=O)[nH]c(N)nc54)OC3COP(=O)(O)OC3CC(n4cnc5c(N)ncnc54)OC3CO)O2)c(=O)[nH]c1=O. The zero-order valence-electron chi connectivity index (χ0n) is 40.8. The molecule has 10 rings (SSSR count). The van der Waals surface area contributed by atoms with Crippen molar-refractivity contribution in [3.63, 3.8) is 0 Å². The standard InChI is InChI=1S/C39H50N15O22P3/c1-16-8-52(39(60)50-35(16)57)26-4-17(56)22(71-26)10-67-77(61,62)75-19-6-27(51-3-2-25(40)47-38(51)59)72-23(19)11-69-79(65,66)76-20-7-29(54-15-46-31-34(54)48-37(42)49-36(31)58)73-24(20)12-68-78(63,64)74-18-5-28(70-21(18)9-55)53-14-45-30-32(41)43-13-44-33(30)53/h2-3,8,13-15,17-24,26-29,55-56H,4-7,9-12H2,1H3,(H,61,62)(H,63,64)(H,65,66)(H2,40,47,59)(H2,41,43,44)(H,50,57,60)(H3,42,48,49,58). The number of rotatable bonds is 20. The first-order valence-corrected chi connectivity index (χ1v) is 28.1. The van der Waals surface area contributed by atoms with Gasteiger partial charge in [0, 0.05) is 43.6 Å². The molecule has 6 aromatic heterocycles. The van der Waals surface area contributed by atoms with Gasteiger partial charge in [-0.15, -0.1) is 0 Å². The molecule has 0 radical (unpaired) electrons. The first-order valence-electron chi connectivity index (χ1n) is 23.6. The predicted molar refractivity (Wildman–Crippen MR) is 260 cm³/mol. The lowest BCUT2D eigenvalue weighted by Gasteiger charge is -2.25. The Balaban J connectivity index is 0.830. The Labute approximate surface area is 439 Å². The number of aromatic amines is 2. The number of aromatic nitrogens is 12. The second-order valence-corrected chi connectivity index (χ2v) is 22.5. The van der Waals surface area contributed by atoms with Crippen molar-refractivity contribution in [1.29, 1.82) is 0 Å². The average Bonchev–Trinajstić information content (AvgIpc) is 4.47. The largest absolute Gasteiger partial charge is 0.472 e. The number of ether oxygens (including phenoxy) is 4. The van der Waals surface area contributed by atoms with Gasteiger partial charge in [-0.2, -0.15) is 9.97 Å². The van der Waals surface area contributed by atoms with Crippen LogP contribution < -0.4 is 39.7 Å². The highest BCUT2D eigenvalue weighted by atomic mass is 31.2. The number of fused-ring (bicyclic) bond motifs is 2. The van der Waals surface area contributed by atoms with E-state index >= 15 is 0 Å². The molecule has 40 heteroatoms. The van der Waals surface area contributed by atoms with Crippen molar-refractivity contribution in [1.82, 2.24) is 58.1 Å². The molecule has 4 saturated heterocycles. The molecule has 15 atom stereocenters. The maximum Gasteiger partial charge on any atom is 0.472 e. The molecule has 0 bridgehead atoms. The number of nitrogens with zero attached hydrogens (tertiary/aromatic N) is 10. The summed E-state index contributed by atoms with van der Waals surface area (Å²) in [5.74, 6) is -0.376. The summed E-state index contributed by atoms with van der Waals surface area (Å²) in [4.78, 5) is 112. The number of nitrogen functional groups attached to an aromatic ring is 3. The van der Waals surface area contributed by atoms with Crippen molar-refractivity contribution in [2.24, 2.45) is 0 Å². The molecule has 428 valence electrons. The van der Waals surface area contributed by atoms with E-state index in [-0.39, 0.29) is 64.7 Å². The molecule has 4 aliphatic rings. The van der Waals surface area contributed by atoms with Gasteiger partial charge in [-0.05, 0) is 13.0 Å². The summed E-state index contributed by atoms with van der Waals surface area (Å²) in [6, 6.07) is 1.25. The Morgan fingerprint density at radius 2 is 1.16 bits per heavy atom. The van der Waals surface area contributed by atoms with Gasteiger partial charge in [-0.1, -0.05) is 0 Å². The Morgan fingerprint density at radius 1 is 0.646 bits per heavy atom. The average molecular weight is 1170 g/mol. The molecule has 37 nitrogen and oxygen atoms in total. The van der Waals surface area contributed by atoms with Crippen LogP contribution in [0.2, 0.25) is 0 Å². The number of anilines is 3. The number of nitrogens with one attached hydrogen (secondary N) is 2. The van der Waals surface area contributed by atoms with Crippen molar-refractivity contribution < 1.29 is 84.7 Å². The van der Waals surface area contributed by atoms with Gasteiger partial charge < -0.3 is 61.0 Å². The molecule has 0 aromatic carbocycles. The Kier molecular flexibility index (Phi) is 15.7. The molecule has 0 saturated carbocycles. The van der Waals surface area contributed by atoms with Crippen LogP contribution in [-0.4, -0.2) is 158 Å². The number of hydrogen-bond donors (Lipinski definition) is 10. The summed E-state index contributed by atoms with van der Waals surface area (Å²) in [6.07, 6.45) is -11.0. The number of imidazole rings is 2. The number of phosphoric acid groups is 3. The van der Waals surface area contributed by atoms with Gasteiger partial charge in [0.15, 0.2) is 22.6 Å². The highest BCUT2D eigenvalue weighted by Gasteiger charge is 2.48. The number of aliphatic hydroxyl groups is 2. The normalized spacial score (nSPS) is 29.5. The van der Waals surface area contributed by atoms with Crippen LogP contribution in [0.25, 0.3) is 22.3 Å². The maximum absolute atomic E-state index is 13.9. The van der Waals surface area contributed by atoms with E-state index in [4.69, 9.17) is 63.3 Å². The summed E-state index contributed by atoms with van der Waals surface area (Å²) < 4.78 is 102. The molecule has 13 N–H and O–H groups in total. The number of hydrogen-bond acceptors (Lipinski definition) is 28. The van der Waals surface area contributed by atoms with Crippen molar-refractivity contribution in [2.45, 2.75) is 106 Å². The minimum Gasteiger partial charge on any atom is -0.394 e. The summed E-state index contributed by atoms with van der Waals surface area (Å²) in [7, 11) is -15.7. The molecular weight excluding hydrogens is 1120 g/mol. The smallest absolute Gasteiger partial charge is 0.394 e. The van der Waals surface area contributed by atoms with E-state index in [2.05, 4.69) is 39.9 Å². The molecule has 4 aliphatic heterocycles. The lowest BCUT2D eigenvalue weighted by atomic mass is 10.2. The van der Waals surface area contributed by atoms with E-state index in [1.165, 1.54) is 47.2 Å². The topological polar surface area (TPSA) is 520 Å². The van der Waals surface area contributed by atoms with E-state index in [0.717, 1.165) is 15.5 Å². The zero-order chi connectivity index (χ0) is 56.3. The number of nitrogens with two attached hydrogens (primary N) is 3. The number of aliphatic hydroxyl groups excluding tert-OH is 2. The Hall–Kier alpha value is -6.05. The van der Waals surface area contributed by atoms with Crippen molar-refractivity contribution in [2.75, 3.05) is 43.6 Å². The van der Waals surface area contributed by atoms with Crippen LogP contribution in [-0.2, 0) is 59.8 Å². The third kappa shape index (κ3) is 12.2. The number of H-pyrrole nitrogens is 2. The van der Waals surface area contributed by atoms with Gasteiger partial charge >= 0.3 is 34.8 Å². The quantitative estimate of drug-likeness (QED) is 0.0364. The van der Waals surface area contributed by atoms with Gasteiger partial charge in [0.2, 0.25) is 5.95 Å². The maximum atomic E-state index is 13.9. The molecule has 0 spiro atoms. The molecule has 10 heterocycles. The van der Waals surface area contributed by atoms with Crippen molar-refractivity contribution in [3.05, 3.63) is 84.7 Å². The number of phosphoric ester groups is 3. The highest BCUT2D eigenvalue weighted by Crippen LogP contribution is 2.54. The van der Waals surface area contributed by atoms with Crippen LogP contribution in [0.15, 0.2) is 56.6 Å². The third-order valence-electron chi connectivity index (χ3n) is 13.0. The predicted octanol–water partition coefficient (Wildman–Crippen LogP) is -2.17. The minimum absolute atomic E-state index is 0.0805. The van der Waals surface area contributed by atoms with E-state index < -0.39 is 153 Å². The van der Waals surface area contributed by atoms with Gasteiger partial charge in [0.1, 0.15) is 85.3 Å². The monoisotopic (exact) mass is 1170 g/mol. The second-order valence-electron chi connectivity index (χ2n) is 18.3. The van der Waals surface area contributed by atoms with Crippen LogP contribution in [0.3, 0.4) is 0 Å². The molecule has 15 unspecified atom stereocenters. The summed E-state index contributed by atoms with van der Waals surface area (Å²) in [6.45, 7) is -1.87. The summed E-state index contributed by atoms with van der Waals surface area (Å²) >= 11 is 0. The number of aryl methyl sites for hydroxylation is 1. The van der Waals surface area contributed by atoms with Gasteiger partial charge in [-0.3, -0.25) is 65.0 Å². The van der Waals surface area contributed by atoms with Crippen LogP contribution in [0.5, 0.6) is 0 Å². The van der Waals surface area contributed by atoms with E-state index in [1.54, 1.807) is 0 Å². The van der Waals surface area contributed by atoms with Crippen molar-refractivity contribution in [3.8, 4) is 0 Å². The Morgan fingerprint density at radius 3 is 1.76 bits per heavy atom. The third-order valence-corrected chi connectivity index (χ3v) is 16.1. The first kappa shape index (κ1) is 56.2. The summed E-state index contributed by atoms with van der Waals surface area (Å²) in [5.41, 5.74) is 14.7. The van der Waals surface area contributed by atoms with E-state index in [9.17, 15) is 57.8 Å². The fourth-order valence-electron chi connectivity index (χ4n) is 9.23. The van der Waals surface area contributed by atoms with E-state index in [1.807, 2.05) is 0 Å². The highest BCUT2D eigenvalue weighted by molar-refractivity contribution is 7.48. The molecule has 0 amide bonds. The molecule has 79 heavy (non-hydrogen) atoms. The van der Waals surface area contributed by atoms with Crippen LogP contribution in [0.4, 0.5) is 17.6 Å². The first-order chi connectivity index (χ1) is 37.4. The minimum atomic E-state index is -5.38. The lowest BCUT2D eigenvalue weighted by Crippen LogP contribution is -2.33. The van der Waals surface area contributed by atoms with Gasteiger partial charge in [0.05, 0.1) is 45.2 Å². The van der Waals surface area contributed by atoms with Gasteiger partial charge in [0.25, 0.3) is 11.1 Å². The fraction of sp³-hybridized carbons (Fsp3) is 0.538. The molecule has 4 fully saturated rings. The molecule has 0 aliphatic carbocycles. The zero-order valence-corrected chi connectivity index (χ0v) is 43.5. The molecular formula is C39H50N15O22P3. The second kappa shape index (κ2) is 22.1. The fourth-order valence-corrected chi connectivity index (χ4v) is 12.1. The van der Waals surface area contributed by atoms with Crippen LogP contribution in [0.1, 0.15) is 56.2 Å². The lowest BCUT2D eigenvalue weighted by molar-refractivity contribution is -0.0632.